The van der Waals surface area contributed by atoms with E-state index in [4.69, 9.17) is 4.98 Å². The van der Waals surface area contributed by atoms with Gasteiger partial charge in [-0.25, -0.2) is 4.98 Å². The molecule has 1 unspecified atom stereocenters. The molecule has 5 heteroatoms. The van der Waals surface area contributed by atoms with Crippen LogP contribution >= 0.6 is 11.3 Å². The van der Waals surface area contributed by atoms with Gasteiger partial charge in [0.25, 0.3) is 0 Å². The zero-order valence-corrected chi connectivity index (χ0v) is 13.2. The highest BCUT2D eigenvalue weighted by Crippen LogP contribution is 2.28. The summed E-state index contributed by atoms with van der Waals surface area (Å²) in [4.78, 5) is 8.48. The van der Waals surface area contributed by atoms with Crippen molar-refractivity contribution in [3.8, 4) is 0 Å². The van der Waals surface area contributed by atoms with Crippen LogP contribution in [-0.2, 0) is 6.54 Å². The van der Waals surface area contributed by atoms with Gasteiger partial charge in [-0.05, 0) is 31.7 Å². The highest BCUT2D eigenvalue weighted by Gasteiger charge is 2.23. The zero-order valence-electron chi connectivity index (χ0n) is 12.4. The van der Waals surface area contributed by atoms with Gasteiger partial charge in [0.1, 0.15) is 0 Å². The van der Waals surface area contributed by atoms with Crippen molar-refractivity contribution in [1.29, 1.82) is 0 Å². The molecule has 1 saturated heterocycles. The van der Waals surface area contributed by atoms with Gasteiger partial charge in [-0.3, -0.25) is 4.40 Å². The van der Waals surface area contributed by atoms with Crippen molar-refractivity contribution < 1.29 is 0 Å². The molecule has 1 fully saturated rings. The first-order chi connectivity index (χ1) is 9.79. The SMILES string of the molecule is CCCNCc1c(N2CCCC(C)C2)nc2sccn12. The predicted molar refractivity (Wildman–Crippen MR) is 85.7 cm³/mol. The molecule has 0 radical (unpaired) electrons. The number of hydrogen-bond acceptors (Lipinski definition) is 4. The molecule has 2 aromatic rings. The maximum absolute atomic E-state index is 4.88. The smallest absolute Gasteiger partial charge is 0.195 e. The molecule has 0 aliphatic carbocycles. The number of rotatable bonds is 5. The van der Waals surface area contributed by atoms with Gasteiger partial charge >= 0.3 is 0 Å². The van der Waals surface area contributed by atoms with Gasteiger partial charge < -0.3 is 10.2 Å². The summed E-state index contributed by atoms with van der Waals surface area (Å²) in [6.07, 6.45) is 5.95. The van der Waals surface area contributed by atoms with Crippen LogP contribution in [0.4, 0.5) is 5.82 Å². The van der Waals surface area contributed by atoms with E-state index in [1.165, 1.54) is 30.8 Å². The number of nitrogens with one attached hydrogen (secondary N) is 1. The lowest BCUT2D eigenvalue weighted by Gasteiger charge is -2.31. The summed E-state index contributed by atoms with van der Waals surface area (Å²) < 4.78 is 2.25. The number of piperidine rings is 1. The van der Waals surface area contributed by atoms with Crippen molar-refractivity contribution in [3.63, 3.8) is 0 Å². The summed E-state index contributed by atoms with van der Waals surface area (Å²) in [5, 5.41) is 5.65. The van der Waals surface area contributed by atoms with Gasteiger partial charge in [0, 0.05) is 31.2 Å². The first-order valence-electron chi connectivity index (χ1n) is 7.69. The van der Waals surface area contributed by atoms with Crippen molar-refractivity contribution >= 4 is 22.1 Å². The Morgan fingerprint density at radius 2 is 2.40 bits per heavy atom. The van der Waals surface area contributed by atoms with E-state index in [0.717, 1.165) is 37.1 Å². The van der Waals surface area contributed by atoms with Gasteiger partial charge in [0.05, 0.1) is 5.69 Å². The van der Waals surface area contributed by atoms with Crippen LogP contribution in [-0.4, -0.2) is 29.0 Å². The monoisotopic (exact) mass is 292 g/mol. The van der Waals surface area contributed by atoms with Crippen molar-refractivity contribution in [3.05, 3.63) is 17.3 Å². The fourth-order valence-corrected chi connectivity index (χ4v) is 3.73. The van der Waals surface area contributed by atoms with Gasteiger partial charge in [-0.15, -0.1) is 11.3 Å². The van der Waals surface area contributed by atoms with Crippen LogP contribution in [0.1, 0.15) is 38.8 Å². The molecule has 1 atom stereocenters. The van der Waals surface area contributed by atoms with E-state index >= 15 is 0 Å². The minimum Gasteiger partial charge on any atom is -0.355 e. The number of thiazole rings is 1. The molecular weight excluding hydrogens is 268 g/mol. The van der Waals surface area contributed by atoms with Gasteiger partial charge in [0.15, 0.2) is 10.8 Å². The average Bonchev–Trinajstić information content (AvgIpc) is 3.01. The van der Waals surface area contributed by atoms with Crippen LogP contribution < -0.4 is 10.2 Å². The van der Waals surface area contributed by atoms with E-state index in [1.54, 1.807) is 11.3 Å². The Bertz CT molecular complexity index is 559. The van der Waals surface area contributed by atoms with Crippen LogP contribution in [0.15, 0.2) is 11.6 Å². The van der Waals surface area contributed by atoms with Gasteiger partial charge in [0.2, 0.25) is 0 Å². The molecular formula is C15H24N4S. The molecule has 0 aromatic carbocycles. The Labute approximate surface area is 124 Å². The van der Waals surface area contributed by atoms with Crippen molar-refractivity contribution in [2.75, 3.05) is 24.5 Å². The Balaban J connectivity index is 1.88. The lowest BCUT2D eigenvalue weighted by Crippen LogP contribution is -2.35. The van der Waals surface area contributed by atoms with E-state index in [1.807, 2.05) is 0 Å². The quantitative estimate of drug-likeness (QED) is 0.859. The molecule has 1 N–H and O–H groups in total. The molecule has 0 bridgehead atoms. The summed E-state index contributed by atoms with van der Waals surface area (Å²) >= 11 is 1.72. The third-order valence-corrected chi connectivity index (χ3v) is 4.77. The van der Waals surface area contributed by atoms with Gasteiger partial charge in [-0.2, -0.15) is 0 Å². The average molecular weight is 292 g/mol. The van der Waals surface area contributed by atoms with E-state index in [-0.39, 0.29) is 0 Å². The Morgan fingerprint density at radius 3 is 3.20 bits per heavy atom. The van der Waals surface area contributed by atoms with Crippen molar-refractivity contribution in [2.24, 2.45) is 5.92 Å². The Hall–Kier alpha value is -1.07. The molecule has 2 aromatic heterocycles. The van der Waals surface area contributed by atoms with Crippen LogP contribution in [0.3, 0.4) is 0 Å². The number of anilines is 1. The topological polar surface area (TPSA) is 32.6 Å². The number of nitrogens with zero attached hydrogens (tertiary/aromatic N) is 3. The molecule has 3 rings (SSSR count). The first-order valence-corrected chi connectivity index (χ1v) is 8.57. The highest BCUT2D eigenvalue weighted by molar-refractivity contribution is 7.15. The lowest BCUT2D eigenvalue weighted by atomic mass is 10.0. The fourth-order valence-electron chi connectivity index (χ4n) is 3.00. The largest absolute Gasteiger partial charge is 0.355 e. The number of hydrogen-bond donors (Lipinski definition) is 1. The fraction of sp³-hybridized carbons (Fsp3) is 0.667. The number of aromatic nitrogens is 2. The van der Waals surface area contributed by atoms with Crippen LogP contribution in [0.5, 0.6) is 0 Å². The lowest BCUT2D eigenvalue weighted by molar-refractivity contribution is 0.444. The van der Waals surface area contributed by atoms with Crippen molar-refractivity contribution in [1.82, 2.24) is 14.7 Å². The Morgan fingerprint density at radius 1 is 1.50 bits per heavy atom. The van der Waals surface area contributed by atoms with Crippen LogP contribution in [0.25, 0.3) is 4.96 Å². The van der Waals surface area contributed by atoms with E-state index in [9.17, 15) is 0 Å². The first kappa shape index (κ1) is 13.9. The van der Waals surface area contributed by atoms with Crippen molar-refractivity contribution in [2.45, 2.75) is 39.7 Å². The maximum atomic E-state index is 4.88. The predicted octanol–water partition coefficient (Wildman–Crippen LogP) is 3.13. The molecule has 20 heavy (non-hydrogen) atoms. The maximum Gasteiger partial charge on any atom is 0.195 e. The summed E-state index contributed by atoms with van der Waals surface area (Å²) in [5.41, 5.74) is 1.32. The second-order valence-corrected chi connectivity index (χ2v) is 6.68. The molecule has 4 nitrogen and oxygen atoms in total. The highest BCUT2D eigenvalue weighted by atomic mass is 32.1. The minimum atomic E-state index is 0.778. The molecule has 0 amide bonds. The zero-order chi connectivity index (χ0) is 13.9. The third kappa shape index (κ3) is 2.69. The summed E-state index contributed by atoms with van der Waals surface area (Å²) in [6, 6.07) is 0. The normalized spacial score (nSPS) is 19.9. The van der Waals surface area contributed by atoms with E-state index in [2.05, 4.69) is 40.0 Å². The molecule has 1 aliphatic heterocycles. The molecule has 1 aliphatic rings. The van der Waals surface area contributed by atoms with E-state index in [0.29, 0.717) is 0 Å². The molecule has 0 spiro atoms. The molecule has 3 heterocycles. The molecule has 0 saturated carbocycles. The Kier molecular flexibility index (Phi) is 4.27. The third-order valence-electron chi connectivity index (χ3n) is 4.02. The number of imidazole rings is 1. The summed E-state index contributed by atoms with van der Waals surface area (Å²) in [5.74, 6) is 1.98. The summed E-state index contributed by atoms with van der Waals surface area (Å²) in [6.45, 7) is 8.82. The van der Waals surface area contributed by atoms with Crippen LogP contribution in [0.2, 0.25) is 0 Å². The standard InChI is InChI=1S/C15H24N4S/c1-3-6-16-10-13-14(17-15-19(13)8-9-20-15)18-7-4-5-12(2)11-18/h8-9,12,16H,3-7,10-11H2,1-2H3. The summed E-state index contributed by atoms with van der Waals surface area (Å²) in [7, 11) is 0. The van der Waals surface area contributed by atoms with E-state index < -0.39 is 0 Å². The molecule has 110 valence electrons. The second kappa shape index (κ2) is 6.14. The minimum absolute atomic E-state index is 0.778. The van der Waals surface area contributed by atoms with Gasteiger partial charge in [-0.1, -0.05) is 13.8 Å². The van der Waals surface area contributed by atoms with Crippen LogP contribution in [0, 0.1) is 5.92 Å². The second-order valence-electron chi connectivity index (χ2n) is 5.81. The number of fused-ring (bicyclic) bond motifs is 1.